The Labute approximate surface area is 294 Å². The highest BCUT2D eigenvalue weighted by Crippen LogP contribution is 2.58. The van der Waals surface area contributed by atoms with Crippen LogP contribution in [0.5, 0.6) is 0 Å². The van der Waals surface area contributed by atoms with Gasteiger partial charge in [-0.15, -0.1) is 0 Å². The summed E-state index contributed by atoms with van der Waals surface area (Å²) in [7, 11) is 3.37. The molecule has 1 aromatic carbocycles. The van der Waals surface area contributed by atoms with Crippen molar-refractivity contribution in [3.05, 3.63) is 41.5 Å². The largest absolute Gasteiger partial charge is 0.458 e. The molecule has 50 heavy (non-hydrogen) atoms. The topological polar surface area (TPSA) is 156 Å². The highest BCUT2D eigenvalue weighted by atomic mass is 16.8. The number of amides is 3. The van der Waals surface area contributed by atoms with E-state index in [4.69, 9.17) is 24.2 Å². The van der Waals surface area contributed by atoms with Crippen LogP contribution in [0.2, 0.25) is 0 Å². The number of ether oxygens (including phenoxy) is 3. The van der Waals surface area contributed by atoms with Crippen LogP contribution in [-0.2, 0) is 44.8 Å². The third-order valence-corrected chi connectivity index (χ3v) is 10.2. The number of esters is 1. The zero-order chi connectivity index (χ0) is 35.9. The first-order valence-corrected chi connectivity index (χ1v) is 18.2. The quantitative estimate of drug-likeness (QED) is 0.118. The lowest BCUT2D eigenvalue weighted by molar-refractivity contribution is -0.224. The number of aliphatic hydroxyl groups excluding tert-OH is 1. The number of carbonyl (C=O) groups excluding carboxylic acids is 4. The van der Waals surface area contributed by atoms with Gasteiger partial charge in [0.15, 0.2) is 11.8 Å². The molecule has 0 radical (unpaired) electrons. The average Bonchev–Trinajstić information content (AvgIpc) is 3.65. The summed E-state index contributed by atoms with van der Waals surface area (Å²) >= 11 is 0. The molecule has 276 valence electrons. The molecule has 4 fully saturated rings. The molecule has 13 nitrogen and oxygen atoms in total. The maximum absolute atomic E-state index is 14.4. The number of rotatable bonds is 18. The molecular weight excluding hydrogens is 644 g/mol. The van der Waals surface area contributed by atoms with Crippen molar-refractivity contribution in [1.29, 1.82) is 0 Å². The maximum Gasteiger partial charge on any atom is 0.327 e. The minimum atomic E-state index is -1.36. The average molecular weight is 699 g/mol. The van der Waals surface area contributed by atoms with Gasteiger partial charge in [0.2, 0.25) is 17.7 Å². The molecule has 6 atom stereocenters. The summed E-state index contributed by atoms with van der Waals surface area (Å²) in [4.78, 5) is 61.0. The molecule has 2 bridgehead atoms. The number of fused-ring (bicyclic) bond motifs is 4. The van der Waals surface area contributed by atoms with Crippen molar-refractivity contribution in [2.45, 2.75) is 121 Å². The first kappa shape index (κ1) is 37.9. The van der Waals surface area contributed by atoms with Gasteiger partial charge in [0.05, 0.1) is 13.2 Å². The molecule has 5 rings (SSSR count). The van der Waals surface area contributed by atoms with Crippen LogP contribution in [0.1, 0.15) is 89.2 Å². The van der Waals surface area contributed by atoms with Crippen molar-refractivity contribution in [3.63, 3.8) is 0 Å². The van der Waals surface area contributed by atoms with Crippen molar-refractivity contribution in [3.8, 4) is 0 Å². The summed E-state index contributed by atoms with van der Waals surface area (Å²) in [6.45, 7) is 4.45. The second-order valence-electron chi connectivity index (χ2n) is 14.1. The minimum absolute atomic E-state index is 0.00979. The highest BCUT2D eigenvalue weighted by molar-refractivity contribution is 5.94. The Bertz CT molecular complexity index is 1390. The van der Waals surface area contributed by atoms with E-state index < -0.39 is 53.5 Å². The number of hydrogen-bond donors (Lipinski definition) is 3. The van der Waals surface area contributed by atoms with E-state index in [-0.39, 0.29) is 50.9 Å². The molecule has 1 aromatic rings. The molecule has 3 saturated heterocycles. The van der Waals surface area contributed by atoms with Gasteiger partial charge in [-0.25, -0.2) is 0 Å². The number of hydroxylamine groups is 2. The van der Waals surface area contributed by atoms with E-state index >= 15 is 0 Å². The van der Waals surface area contributed by atoms with Crippen LogP contribution in [0, 0.1) is 5.41 Å². The summed E-state index contributed by atoms with van der Waals surface area (Å²) < 4.78 is 19.8. The molecular formula is C37H54N4O9. The molecule has 3 aliphatic heterocycles. The van der Waals surface area contributed by atoms with Crippen molar-refractivity contribution in [1.82, 2.24) is 20.6 Å². The van der Waals surface area contributed by atoms with E-state index in [1.807, 2.05) is 24.3 Å². The van der Waals surface area contributed by atoms with E-state index in [9.17, 15) is 19.2 Å². The summed E-state index contributed by atoms with van der Waals surface area (Å²) in [5, 5.41) is 16.1. The Morgan fingerprint density at radius 3 is 2.42 bits per heavy atom. The number of hydrogen-bond acceptors (Lipinski definition) is 10. The number of nitrogens with one attached hydrogen (secondary N) is 2. The lowest BCUT2D eigenvalue weighted by Crippen LogP contribution is -2.69. The Balaban J connectivity index is 1.45. The van der Waals surface area contributed by atoms with Gasteiger partial charge in [-0.05, 0) is 30.0 Å². The first-order chi connectivity index (χ1) is 24.1. The predicted molar refractivity (Wildman–Crippen MR) is 184 cm³/mol. The van der Waals surface area contributed by atoms with Crippen LogP contribution < -0.4 is 10.6 Å². The van der Waals surface area contributed by atoms with Gasteiger partial charge >= 0.3 is 5.97 Å². The molecule has 1 aliphatic carbocycles. The third kappa shape index (κ3) is 8.07. The number of aliphatic hydroxyl groups is 1. The zero-order valence-electron chi connectivity index (χ0n) is 29.9. The Morgan fingerprint density at radius 1 is 1.02 bits per heavy atom. The standard InChI is InChI=1S/C37H54N4O9/c1-5-7-9-17-36(18-10-8-6-2)48-30-27-23-37(35(46)39-19-16-28(43)38-20-21-42)32(34(45)47-27)41(50-33(37)31(30)49-36)24-26-13-11-12-25(22-26)14-15-29(44)40(3)4/h11-15,22,27,30-33,42H,5-10,16-21,23-24H2,1-4H3,(H,38,43)(H,39,46). The van der Waals surface area contributed by atoms with Gasteiger partial charge in [-0.2, -0.15) is 5.06 Å². The van der Waals surface area contributed by atoms with Crippen molar-refractivity contribution >= 4 is 29.8 Å². The second kappa shape index (κ2) is 16.8. The first-order valence-electron chi connectivity index (χ1n) is 18.2. The monoisotopic (exact) mass is 698 g/mol. The molecule has 1 saturated carbocycles. The number of nitrogens with zero attached hydrogens (tertiary/aromatic N) is 2. The predicted octanol–water partition coefficient (Wildman–Crippen LogP) is 2.84. The van der Waals surface area contributed by atoms with Crippen LogP contribution in [0.15, 0.2) is 30.3 Å². The van der Waals surface area contributed by atoms with Crippen LogP contribution in [0.25, 0.3) is 6.08 Å². The summed E-state index contributed by atoms with van der Waals surface area (Å²) in [5.41, 5.74) is 0.247. The zero-order valence-corrected chi connectivity index (χ0v) is 29.9. The Morgan fingerprint density at radius 2 is 1.74 bits per heavy atom. The normalized spacial score (nSPS) is 27.9. The van der Waals surface area contributed by atoms with E-state index in [2.05, 4.69) is 24.5 Å². The Hall–Kier alpha value is -3.36. The third-order valence-electron chi connectivity index (χ3n) is 10.2. The van der Waals surface area contributed by atoms with Crippen molar-refractivity contribution in [2.75, 3.05) is 33.8 Å². The van der Waals surface area contributed by atoms with Crippen LogP contribution in [0.4, 0.5) is 0 Å². The fourth-order valence-corrected chi connectivity index (χ4v) is 7.73. The van der Waals surface area contributed by atoms with E-state index in [1.54, 1.807) is 25.2 Å². The summed E-state index contributed by atoms with van der Waals surface area (Å²) in [6.07, 6.45) is 7.98. The molecule has 6 unspecified atom stereocenters. The maximum atomic E-state index is 14.4. The lowest BCUT2D eigenvalue weighted by Gasteiger charge is -2.48. The number of likely N-dealkylation sites (N-methyl/N-ethyl adjacent to an activating group) is 1. The lowest BCUT2D eigenvalue weighted by atomic mass is 9.62. The second-order valence-corrected chi connectivity index (χ2v) is 14.1. The van der Waals surface area contributed by atoms with Crippen molar-refractivity contribution < 1.29 is 43.3 Å². The molecule has 0 aromatic heterocycles. The van der Waals surface area contributed by atoms with E-state index in [0.717, 1.165) is 49.7 Å². The molecule has 3 heterocycles. The van der Waals surface area contributed by atoms with E-state index in [1.165, 1.54) is 11.0 Å². The molecule has 0 spiro atoms. The molecule has 3 amide bonds. The SMILES string of the molecule is CCCCCC1(CCCCC)OC2C3CC4(C(=O)NCCC(=O)NCCO)C(ON(Cc5cccc(C=CC(=O)N(C)C)c5)C4C(=O)O3)C2O1. The fourth-order valence-electron chi connectivity index (χ4n) is 7.73. The number of carbonyl (C=O) groups is 4. The van der Waals surface area contributed by atoms with Gasteiger partial charge in [0, 0.05) is 58.9 Å². The van der Waals surface area contributed by atoms with Gasteiger partial charge in [0.25, 0.3) is 0 Å². The minimum Gasteiger partial charge on any atom is -0.458 e. The number of benzene rings is 1. The van der Waals surface area contributed by atoms with Crippen LogP contribution >= 0.6 is 0 Å². The number of unbranched alkanes of at least 4 members (excludes halogenated alkanes) is 4. The van der Waals surface area contributed by atoms with Gasteiger partial charge < -0.3 is 34.9 Å². The van der Waals surface area contributed by atoms with Crippen LogP contribution in [0.3, 0.4) is 0 Å². The fraction of sp³-hybridized carbons (Fsp3) is 0.676. The van der Waals surface area contributed by atoms with Gasteiger partial charge in [-0.3, -0.25) is 24.0 Å². The highest BCUT2D eigenvalue weighted by Gasteiger charge is 2.76. The smallest absolute Gasteiger partial charge is 0.327 e. The molecule has 13 heteroatoms. The van der Waals surface area contributed by atoms with Crippen LogP contribution in [-0.4, -0.2) is 109 Å². The molecule has 3 N–H and O–H groups in total. The van der Waals surface area contributed by atoms with E-state index in [0.29, 0.717) is 12.8 Å². The summed E-state index contributed by atoms with van der Waals surface area (Å²) in [6, 6.07) is 6.48. The molecule has 4 aliphatic rings. The van der Waals surface area contributed by atoms with Gasteiger partial charge in [0.1, 0.15) is 29.8 Å². The van der Waals surface area contributed by atoms with Gasteiger partial charge in [-0.1, -0.05) is 63.8 Å². The summed E-state index contributed by atoms with van der Waals surface area (Å²) in [5.74, 6) is -2.29. The Kier molecular flexibility index (Phi) is 12.7. The van der Waals surface area contributed by atoms with Crippen molar-refractivity contribution in [2.24, 2.45) is 5.41 Å².